The number of aromatic nitrogens is 2. The van der Waals surface area contributed by atoms with Crippen molar-refractivity contribution in [3.8, 4) is 0 Å². The zero-order valence-electron chi connectivity index (χ0n) is 10.6. The molecular formula is C13H22N4. The summed E-state index contributed by atoms with van der Waals surface area (Å²) in [5, 5.41) is 7.91. The summed E-state index contributed by atoms with van der Waals surface area (Å²) in [6.07, 6.45) is 9.55. The molecule has 0 aliphatic carbocycles. The van der Waals surface area contributed by atoms with Crippen molar-refractivity contribution in [2.75, 3.05) is 13.1 Å². The minimum Gasteiger partial charge on any atom is -0.312 e. The molecule has 0 saturated carbocycles. The third kappa shape index (κ3) is 2.38. The molecule has 2 saturated heterocycles. The predicted molar refractivity (Wildman–Crippen MR) is 67.7 cm³/mol. The van der Waals surface area contributed by atoms with E-state index in [4.69, 9.17) is 0 Å². The van der Waals surface area contributed by atoms with Gasteiger partial charge in [0.05, 0.1) is 6.20 Å². The van der Waals surface area contributed by atoms with Crippen molar-refractivity contribution in [2.45, 2.75) is 44.3 Å². The second-order valence-corrected chi connectivity index (χ2v) is 5.41. The van der Waals surface area contributed by atoms with Gasteiger partial charge < -0.3 is 5.32 Å². The van der Waals surface area contributed by atoms with Gasteiger partial charge in [-0.15, -0.1) is 0 Å². The number of hydrogen-bond donors (Lipinski definition) is 1. The molecule has 1 N–H and O–H groups in total. The number of nitrogens with one attached hydrogen (secondary N) is 1. The standard InChI is InChI=1S/C13H22N4/c1-16-9-11(8-15-16)10-17-7-3-5-13(17)12-4-2-6-14-12/h8-9,12-14H,2-7,10H2,1H3. The average molecular weight is 234 g/mol. The minimum absolute atomic E-state index is 0.731. The van der Waals surface area contributed by atoms with Crippen LogP contribution in [-0.2, 0) is 13.6 Å². The molecule has 0 radical (unpaired) electrons. The predicted octanol–water partition coefficient (Wildman–Crippen LogP) is 1.14. The van der Waals surface area contributed by atoms with Crippen LogP contribution in [0.2, 0.25) is 0 Å². The molecule has 17 heavy (non-hydrogen) atoms. The Morgan fingerprint density at radius 3 is 3.06 bits per heavy atom. The highest BCUT2D eigenvalue weighted by Crippen LogP contribution is 2.26. The van der Waals surface area contributed by atoms with E-state index < -0.39 is 0 Å². The molecule has 4 nitrogen and oxygen atoms in total. The molecular weight excluding hydrogens is 212 g/mol. The van der Waals surface area contributed by atoms with Crippen molar-refractivity contribution in [1.82, 2.24) is 20.0 Å². The zero-order valence-corrected chi connectivity index (χ0v) is 10.6. The maximum atomic E-state index is 4.26. The highest BCUT2D eigenvalue weighted by Gasteiger charge is 2.32. The molecule has 2 aliphatic rings. The van der Waals surface area contributed by atoms with Crippen LogP contribution in [0.4, 0.5) is 0 Å². The topological polar surface area (TPSA) is 33.1 Å². The lowest BCUT2D eigenvalue weighted by Crippen LogP contribution is -2.43. The van der Waals surface area contributed by atoms with Crippen LogP contribution >= 0.6 is 0 Å². The Morgan fingerprint density at radius 2 is 2.35 bits per heavy atom. The van der Waals surface area contributed by atoms with Gasteiger partial charge in [-0.3, -0.25) is 9.58 Å². The number of aryl methyl sites for hydroxylation is 1. The van der Waals surface area contributed by atoms with Gasteiger partial charge in [-0.1, -0.05) is 0 Å². The molecule has 3 rings (SSSR count). The summed E-state index contributed by atoms with van der Waals surface area (Å²) in [6.45, 7) is 3.52. The quantitative estimate of drug-likeness (QED) is 0.851. The molecule has 4 heteroatoms. The van der Waals surface area contributed by atoms with Gasteiger partial charge in [-0.05, 0) is 38.8 Å². The number of nitrogens with zero attached hydrogens (tertiary/aromatic N) is 3. The van der Waals surface area contributed by atoms with E-state index in [1.807, 2.05) is 17.9 Å². The number of likely N-dealkylation sites (tertiary alicyclic amines) is 1. The molecule has 0 aromatic carbocycles. The molecule has 0 spiro atoms. The largest absolute Gasteiger partial charge is 0.312 e. The van der Waals surface area contributed by atoms with Crippen LogP contribution in [0.3, 0.4) is 0 Å². The lowest BCUT2D eigenvalue weighted by atomic mass is 10.0. The van der Waals surface area contributed by atoms with E-state index in [0.29, 0.717) is 0 Å². The third-order valence-electron chi connectivity index (χ3n) is 4.12. The van der Waals surface area contributed by atoms with E-state index in [1.54, 1.807) is 0 Å². The summed E-state index contributed by atoms with van der Waals surface area (Å²) in [5.74, 6) is 0. The highest BCUT2D eigenvalue weighted by atomic mass is 15.3. The van der Waals surface area contributed by atoms with E-state index in [0.717, 1.165) is 18.6 Å². The smallest absolute Gasteiger partial charge is 0.0534 e. The van der Waals surface area contributed by atoms with Crippen LogP contribution in [0.25, 0.3) is 0 Å². The van der Waals surface area contributed by atoms with Gasteiger partial charge in [0.15, 0.2) is 0 Å². The normalized spacial score (nSPS) is 30.2. The van der Waals surface area contributed by atoms with E-state index in [1.165, 1.54) is 44.3 Å². The summed E-state index contributed by atoms with van der Waals surface area (Å²) in [4.78, 5) is 2.64. The third-order valence-corrected chi connectivity index (χ3v) is 4.12. The first kappa shape index (κ1) is 11.2. The van der Waals surface area contributed by atoms with Crippen molar-refractivity contribution < 1.29 is 0 Å². The summed E-state index contributed by atoms with van der Waals surface area (Å²) in [7, 11) is 1.99. The lowest BCUT2D eigenvalue weighted by Gasteiger charge is -2.29. The van der Waals surface area contributed by atoms with E-state index in [9.17, 15) is 0 Å². The Balaban J connectivity index is 1.65. The molecule has 94 valence electrons. The van der Waals surface area contributed by atoms with Gasteiger partial charge in [-0.25, -0.2) is 0 Å². The van der Waals surface area contributed by atoms with Gasteiger partial charge in [0, 0.05) is 37.4 Å². The average Bonchev–Trinajstić information content (AvgIpc) is 3.00. The van der Waals surface area contributed by atoms with Crippen LogP contribution in [0.1, 0.15) is 31.2 Å². The maximum absolute atomic E-state index is 4.26. The van der Waals surface area contributed by atoms with Crippen LogP contribution in [0.15, 0.2) is 12.4 Å². The summed E-state index contributed by atoms with van der Waals surface area (Å²) in [6, 6.07) is 1.48. The number of rotatable bonds is 3. The van der Waals surface area contributed by atoms with Crippen LogP contribution in [0.5, 0.6) is 0 Å². The minimum atomic E-state index is 0.731. The molecule has 1 aromatic heterocycles. The summed E-state index contributed by atoms with van der Waals surface area (Å²) >= 11 is 0. The van der Waals surface area contributed by atoms with Gasteiger partial charge in [-0.2, -0.15) is 5.10 Å². The van der Waals surface area contributed by atoms with E-state index in [2.05, 4.69) is 21.5 Å². The second-order valence-electron chi connectivity index (χ2n) is 5.41. The van der Waals surface area contributed by atoms with Gasteiger partial charge >= 0.3 is 0 Å². The first-order chi connectivity index (χ1) is 8.33. The first-order valence-electron chi connectivity index (χ1n) is 6.78. The maximum Gasteiger partial charge on any atom is 0.0534 e. The monoisotopic (exact) mass is 234 g/mol. The van der Waals surface area contributed by atoms with Crippen molar-refractivity contribution >= 4 is 0 Å². The highest BCUT2D eigenvalue weighted by molar-refractivity contribution is 5.05. The molecule has 1 aromatic rings. The molecule has 3 heterocycles. The Morgan fingerprint density at radius 1 is 1.41 bits per heavy atom. The SMILES string of the molecule is Cn1cc(CN2CCCC2C2CCCN2)cn1. The second kappa shape index (κ2) is 4.78. The van der Waals surface area contributed by atoms with Crippen LogP contribution in [-0.4, -0.2) is 39.9 Å². The molecule has 2 atom stereocenters. The molecule has 0 amide bonds. The summed E-state index contributed by atoms with van der Waals surface area (Å²) < 4.78 is 1.90. The fourth-order valence-electron chi connectivity index (χ4n) is 3.33. The van der Waals surface area contributed by atoms with E-state index in [-0.39, 0.29) is 0 Å². The zero-order chi connectivity index (χ0) is 11.7. The Labute approximate surface area is 103 Å². The Bertz CT molecular complexity index is 367. The fraction of sp³-hybridized carbons (Fsp3) is 0.769. The van der Waals surface area contributed by atoms with Gasteiger partial charge in [0.1, 0.15) is 0 Å². The Hall–Kier alpha value is -0.870. The van der Waals surface area contributed by atoms with Crippen LogP contribution in [0, 0.1) is 0 Å². The van der Waals surface area contributed by atoms with Crippen LogP contribution < -0.4 is 5.32 Å². The fourth-order valence-corrected chi connectivity index (χ4v) is 3.33. The van der Waals surface area contributed by atoms with Gasteiger partial charge in [0.25, 0.3) is 0 Å². The van der Waals surface area contributed by atoms with Crippen molar-refractivity contribution in [3.63, 3.8) is 0 Å². The molecule has 0 bridgehead atoms. The van der Waals surface area contributed by atoms with Crippen molar-refractivity contribution in [1.29, 1.82) is 0 Å². The van der Waals surface area contributed by atoms with E-state index >= 15 is 0 Å². The molecule has 2 fully saturated rings. The Kier molecular flexibility index (Phi) is 3.16. The molecule has 2 aliphatic heterocycles. The van der Waals surface area contributed by atoms with Crippen molar-refractivity contribution in [2.24, 2.45) is 7.05 Å². The molecule has 2 unspecified atom stereocenters. The lowest BCUT2D eigenvalue weighted by molar-refractivity contribution is 0.206. The summed E-state index contributed by atoms with van der Waals surface area (Å²) in [5.41, 5.74) is 1.34. The van der Waals surface area contributed by atoms with Crippen molar-refractivity contribution in [3.05, 3.63) is 18.0 Å². The first-order valence-corrected chi connectivity index (χ1v) is 6.78. The van der Waals surface area contributed by atoms with Gasteiger partial charge in [0.2, 0.25) is 0 Å². The number of hydrogen-bond acceptors (Lipinski definition) is 3.